The molecule has 1 heterocycles. The van der Waals surface area contributed by atoms with Gasteiger partial charge >= 0.3 is 0 Å². The molecule has 8 heteroatoms. The Morgan fingerprint density at radius 2 is 2.28 bits per heavy atom. The van der Waals surface area contributed by atoms with Crippen LogP contribution in [-0.4, -0.2) is 31.3 Å². The van der Waals surface area contributed by atoms with Crippen LogP contribution in [0.3, 0.4) is 0 Å². The molecule has 0 saturated heterocycles. The summed E-state index contributed by atoms with van der Waals surface area (Å²) in [5.74, 6) is 2.16. The molecule has 3 rings (SSSR count). The minimum atomic E-state index is 0.272. The number of hydrazine groups is 1. The molecule has 6 N–H and O–H groups in total. The highest BCUT2D eigenvalue weighted by atomic mass is 32.1. The second-order valence-corrected chi connectivity index (χ2v) is 5.52. The lowest BCUT2D eigenvalue weighted by Crippen LogP contribution is -2.49. The SMILES string of the molecule is NC(=S)N(Nc1n[nH]c(N)n1)C1CC2CCC1C2. The quantitative estimate of drug-likeness (QED) is 0.465. The zero-order valence-electron chi connectivity index (χ0n) is 9.97. The second kappa shape index (κ2) is 4.27. The van der Waals surface area contributed by atoms with Gasteiger partial charge in [0.05, 0.1) is 6.04 Å². The van der Waals surface area contributed by atoms with Gasteiger partial charge in [-0.3, -0.25) is 10.4 Å². The first-order valence-corrected chi connectivity index (χ1v) is 6.57. The number of thiocarbonyl (C=S) groups is 1. The fraction of sp³-hybridized carbons (Fsp3) is 0.700. The lowest BCUT2D eigenvalue weighted by atomic mass is 9.95. The third-order valence-electron chi connectivity index (χ3n) is 3.99. The van der Waals surface area contributed by atoms with Gasteiger partial charge in [0.2, 0.25) is 5.95 Å². The number of fused-ring (bicyclic) bond motifs is 2. The van der Waals surface area contributed by atoms with Crippen LogP contribution in [0.1, 0.15) is 25.7 Å². The maximum atomic E-state index is 5.80. The number of aromatic amines is 1. The lowest BCUT2D eigenvalue weighted by molar-refractivity contribution is 0.256. The van der Waals surface area contributed by atoms with Gasteiger partial charge in [-0.1, -0.05) is 6.42 Å². The Labute approximate surface area is 110 Å². The van der Waals surface area contributed by atoms with Gasteiger partial charge in [-0.15, -0.1) is 5.10 Å². The Hall–Kier alpha value is -1.57. The van der Waals surface area contributed by atoms with Gasteiger partial charge in [0.15, 0.2) is 5.11 Å². The molecular weight excluding hydrogens is 250 g/mol. The van der Waals surface area contributed by atoms with Crippen molar-refractivity contribution >= 4 is 29.2 Å². The monoisotopic (exact) mass is 267 g/mol. The number of nitrogens with zero attached hydrogens (tertiary/aromatic N) is 3. The van der Waals surface area contributed by atoms with E-state index in [4.69, 9.17) is 23.7 Å². The summed E-state index contributed by atoms with van der Waals surface area (Å²) in [6, 6.07) is 0.348. The lowest BCUT2D eigenvalue weighted by Gasteiger charge is -2.34. The Morgan fingerprint density at radius 3 is 2.78 bits per heavy atom. The Morgan fingerprint density at radius 1 is 1.44 bits per heavy atom. The van der Waals surface area contributed by atoms with Gasteiger partial charge in [-0.2, -0.15) is 4.98 Å². The number of nitrogens with two attached hydrogens (primary N) is 2. The maximum absolute atomic E-state index is 5.80. The molecule has 0 radical (unpaired) electrons. The van der Waals surface area contributed by atoms with Crippen LogP contribution in [0.25, 0.3) is 0 Å². The van der Waals surface area contributed by atoms with Crippen LogP contribution in [0, 0.1) is 11.8 Å². The Kier molecular flexibility index (Phi) is 2.73. The molecule has 18 heavy (non-hydrogen) atoms. The average Bonchev–Trinajstić information content (AvgIpc) is 3.01. The van der Waals surface area contributed by atoms with Crippen molar-refractivity contribution in [3.63, 3.8) is 0 Å². The molecule has 1 aromatic heterocycles. The smallest absolute Gasteiger partial charge is 0.262 e. The summed E-state index contributed by atoms with van der Waals surface area (Å²) in [6.07, 6.45) is 5.00. The van der Waals surface area contributed by atoms with E-state index in [1.165, 1.54) is 19.3 Å². The van der Waals surface area contributed by atoms with Gasteiger partial charge < -0.3 is 11.5 Å². The van der Waals surface area contributed by atoms with E-state index in [1.807, 2.05) is 5.01 Å². The van der Waals surface area contributed by atoms with Crippen molar-refractivity contribution in [2.75, 3.05) is 11.2 Å². The zero-order chi connectivity index (χ0) is 12.7. The summed E-state index contributed by atoms with van der Waals surface area (Å²) < 4.78 is 0. The van der Waals surface area contributed by atoms with Crippen LogP contribution in [-0.2, 0) is 0 Å². The second-order valence-electron chi connectivity index (χ2n) is 5.11. The third-order valence-corrected chi connectivity index (χ3v) is 4.19. The molecule has 2 fully saturated rings. The number of rotatable bonds is 3. The van der Waals surface area contributed by atoms with Gasteiger partial charge in [-0.25, -0.2) is 5.10 Å². The fourth-order valence-electron chi connectivity index (χ4n) is 3.26. The summed E-state index contributed by atoms with van der Waals surface area (Å²) in [5, 5.41) is 8.67. The standard InChI is InChI=1S/C10H17N7S/c11-8-13-10(15-14-8)16-17(9(12)18)7-4-5-1-2-6(7)3-5/h5-7H,1-4H2,(H2,12,18)(H4,11,13,14,15,16). The molecule has 7 nitrogen and oxygen atoms in total. The van der Waals surface area contributed by atoms with Crippen molar-refractivity contribution in [3.05, 3.63) is 0 Å². The Balaban J connectivity index is 1.74. The van der Waals surface area contributed by atoms with E-state index in [0.717, 1.165) is 12.3 Å². The number of nitrogens with one attached hydrogen (secondary N) is 2. The van der Waals surface area contributed by atoms with E-state index >= 15 is 0 Å². The van der Waals surface area contributed by atoms with E-state index in [2.05, 4.69) is 20.6 Å². The minimum Gasteiger partial charge on any atom is -0.375 e. The molecule has 0 aliphatic heterocycles. The zero-order valence-corrected chi connectivity index (χ0v) is 10.8. The van der Waals surface area contributed by atoms with Crippen molar-refractivity contribution < 1.29 is 0 Å². The molecule has 3 unspecified atom stereocenters. The third kappa shape index (κ3) is 1.96. The van der Waals surface area contributed by atoms with Crippen molar-refractivity contribution in [2.45, 2.75) is 31.7 Å². The van der Waals surface area contributed by atoms with E-state index in [-0.39, 0.29) is 5.95 Å². The van der Waals surface area contributed by atoms with E-state index in [0.29, 0.717) is 23.0 Å². The highest BCUT2D eigenvalue weighted by molar-refractivity contribution is 7.80. The first-order valence-electron chi connectivity index (χ1n) is 6.16. The highest BCUT2D eigenvalue weighted by Crippen LogP contribution is 2.46. The predicted molar refractivity (Wildman–Crippen MR) is 72.3 cm³/mol. The number of hydrogen-bond donors (Lipinski definition) is 4. The highest BCUT2D eigenvalue weighted by Gasteiger charge is 2.43. The van der Waals surface area contributed by atoms with Crippen LogP contribution in [0.2, 0.25) is 0 Å². The van der Waals surface area contributed by atoms with Gasteiger partial charge in [0, 0.05) is 0 Å². The molecule has 0 amide bonds. The van der Waals surface area contributed by atoms with Crippen molar-refractivity contribution in [1.29, 1.82) is 0 Å². The van der Waals surface area contributed by atoms with E-state index in [9.17, 15) is 0 Å². The molecule has 2 saturated carbocycles. The summed E-state index contributed by atoms with van der Waals surface area (Å²) in [5.41, 5.74) is 14.4. The molecule has 2 bridgehead atoms. The summed E-state index contributed by atoms with van der Waals surface area (Å²) in [4.78, 5) is 4.01. The summed E-state index contributed by atoms with van der Waals surface area (Å²) in [6.45, 7) is 0. The van der Waals surface area contributed by atoms with Crippen molar-refractivity contribution in [2.24, 2.45) is 17.6 Å². The first kappa shape index (κ1) is 11.5. The summed E-state index contributed by atoms with van der Waals surface area (Å²) >= 11 is 5.12. The molecule has 98 valence electrons. The van der Waals surface area contributed by atoms with E-state index < -0.39 is 0 Å². The molecular formula is C10H17N7S. The summed E-state index contributed by atoms with van der Waals surface area (Å²) in [7, 11) is 0. The fourth-order valence-corrected chi connectivity index (χ4v) is 3.44. The van der Waals surface area contributed by atoms with Crippen molar-refractivity contribution in [3.8, 4) is 0 Å². The van der Waals surface area contributed by atoms with Crippen LogP contribution >= 0.6 is 12.2 Å². The molecule has 2 aliphatic rings. The number of nitrogen functional groups attached to an aromatic ring is 1. The minimum absolute atomic E-state index is 0.272. The molecule has 3 atom stereocenters. The molecule has 0 aromatic carbocycles. The van der Waals surface area contributed by atoms with Gasteiger partial charge in [-0.05, 0) is 43.3 Å². The van der Waals surface area contributed by atoms with Crippen LogP contribution in [0.15, 0.2) is 0 Å². The topological polar surface area (TPSA) is 109 Å². The largest absolute Gasteiger partial charge is 0.375 e. The molecule has 2 aliphatic carbocycles. The molecule has 0 spiro atoms. The first-order chi connectivity index (χ1) is 8.63. The van der Waals surface area contributed by atoms with Crippen LogP contribution in [0.4, 0.5) is 11.9 Å². The Bertz CT molecular complexity index is 459. The van der Waals surface area contributed by atoms with Crippen molar-refractivity contribution in [1.82, 2.24) is 20.2 Å². The van der Waals surface area contributed by atoms with Crippen LogP contribution < -0.4 is 16.9 Å². The number of H-pyrrole nitrogens is 1. The normalized spacial score (nSPS) is 29.4. The average molecular weight is 267 g/mol. The molecule has 1 aromatic rings. The number of anilines is 2. The van der Waals surface area contributed by atoms with Crippen LogP contribution in [0.5, 0.6) is 0 Å². The van der Waals surface area contributed by atoms with Gasteiger partial charge in [0.1, 0.15) is 0 Å². The number of aromatic nitrogens is 3. The predicted octanol–water partition coefficient (Wildman–Crippen LogP) is 0.448. The van der Waals surface area contributed by atoms with E-state index in [1.54, 1.807) is 0 Å². The number of hydrogen-bond acceptors (Lipinski definition) is 5. The van der Waals surface area contributed by atoms with Gasteiger partial charge in [0.25, 0.3) is 5.95 Å². The maximum Gasteiger partial charge on any atom is 0.262 e.